The average molecular weight is 550 g/mol. The van der Waals surface area contributed by atoms with Crippen molar-refractivity contribution in [2.24, 2.45) is 5.16 Å². The van der Waals surface area contributed by atoms with Gasteiger partial charge in [0.1, 0.15) is 6.10 Å². The number of oxime groups is 1. The molecule has 0 spiro atoms. The van der Waals surface area contributed by atoms with E-state index in [4.69, 9.17) is 4.84 Å². The smallest absolute Gasteiger partial charge is 0.280 e. The monoisotopic (exact) mass is 549 g/mol. The molecular weight excluding hydrogens is 518 g/mol. The fourth-order valence-electron chi connectivity index (χ4n) is 3.81. The molecule has 13 heteroatoms. The maximum atomic E-state index is 13.1. The maximum Gasteiger partial charge on any atom is 0.280 e. The Labute approximate surface area is 220 Å². The summed E-state index contributed by atoms with van der Waals surface area (Å²) >= 11 is 1.34. The molecule has 1 atom stereocenters. The summed E-state index contributed by atoms with van der Waals surface area (Å²) in [6.07, 6.45) is 2.40. The summed E-state index contributed by atoms with van der Waals surface area (Å²) in [5.41, 5.74) is 0.310. The second kappa shape index (κ2) is 11.7. The number of hydrogen-bond acceptors (Lipinski definition) is 10. The minimum absolute atomic E-state index is 0.0622. The van der Waals surface area contributed by atoms with Crippen LogP contribution < -0.4 is 5.32 Å². The Hall–Kier alpha value is -2.87. The molecule has 0 unspecified atom stereocenters. The van der Waals surface area contributed by atoms with Crippen molar-refractivity contribution in [3.8, 4) is 0 Å². The first-order valence-corrected chi connectivity index (χ1v) is 14.5. The summed E-state index contributed by atoms with van der Waals surface area (Å²) in [4.78, 5) is 39.4. The molecule has 2 heterocycles. The Balaban J connectivity index is 1.44. The van der Waals surface area contributed by atoms with Crippen molar-refractivity contribution in [2.75, 3.05) is 38.1 Å². The number of carbonyl (C=O) groups excluding carboxylic acids is 2. The van der Waals surface area contributed by atoms with Crippen LogP contribution in [0.5, 0.6) is 0 Å². The van der Waals surface area contributed by atoms with Crippen LogP contribution in [-0.2, 0) is 30.8 Å². The zero-order valence-electron chi connectivity index (χ0n) is 20.8. The molecule has 1 aromatic heterocycles. The highest BCUT2D eigenvalue weighted by atomic mass is 32.2. The number of nitrogens with zero attached hydrogens (tertiary/aromatic N) is 4. The molecule has 37 heavy (non-hydrogen) atoms. The number of rotatable bonds is 10. The minimum Gasteiger partial charge on any atom is -0.392 e. The number of anilines is 1. The molecule has 11 nitrogen and oxygen atoms in total. The molecule has 1 saturated heterocycles. The van der Waals surface area contributed by atoms with Gasteiger partial charge in [-0.15, -0.1) is 11.3 Å². The van der Waals surface area contributed by atoms with E-state index in [1.807, 2.05) is 4.90 Å². The van der Waals surface area contributed by atoms with Gasteiger partial charge in [-0.05, 0) is 31.9 Å². The van der Waals surface area contributed by atoms with Crippen molar-refractivity contribution in [1.82, 2.24) is 14.8 Å². The first kappa shape index (κ1) is 27.2. The van der Waals surface area contributed by atoms with Gasteiger partial charge in [-0.25, -0.2) is 13.4 Å². The highest BCUT2D eigenvalue weighted by Crippen LogP contribution is 2.33. The van der Waals surface area contributed by atoms with Gasteiger partial charge in [0.2, 0.25) is 5.91 Å². The highest BCUT2D eigenvalue weighted by molar-refractivity contribution is 7.92. The van der Waals surface area contributed by atoms with Crippen LogP contribution in [0.15, 0.2) is 40.5 Å². The number of aromatic nitrogens is 1. The minimum atomic E-state index is -3.36. The number of thiazole rings is 1. The lowest BCUT2D eigenvalue weighted by molar-refractivity contribution is -0.130. The second-order valence-corrected chi connectivity index (χ2v) is 12.5. The van der Waals surface area contributed by atoms with Gasteiger partial charge < -0.3 is 14.8 Å². The first-order chi connectivity index (χ1) is 17.7. The molecule has 4 rings (SSSR count). The summed E-state index contributed by atoms with van der Waals surface area (Å²) in [6.45, 7) is 6.46. The Morgan fingerprint density at radius 1 is 1.22 bits per heavy atom. The van der Waals surface area contributed by atoms with Gasteiger partial charge in [-0.1, -0.05) is 17.3 Å². The number of hydrogen-bond donors (Lipinski definition) is 2. The Morgan fingerprint density at radius 2 is 1.89 bits per heavy atom. The quantitative estimate of drug-likeness (QED) is 0.335. The molecule has 2 aliphatic rings. The number of carbonyl (C=O) groups is 2. The van der Waals surface area contributed by atoms with Crippen LogP contribution >= 0.6 is 11.3 Å². The van der Waals surface area contributed by atoms with Crippen molar-refractivity contribution in [1.29, 1.82) is 0 Å². The molecule has 2 aromatic rings. The first-order valence-electron chi connectivity index (χ1n) is 12.1. The number of aliphatic hydroxyl groups excluding tert-OH is 1. The largest absolute Gasteiger partial charge is 0.392 e. The zero-order chi connectivity index (χ0) is 26.6. The van der Waals surface area contributed by atoms with Gasteiger partial charge in [0.05, 0.1) is 16.8 Å². The number of nitrogens with one attached hydrogen (secondary N) is 1. The fourth-order valence-corrected chi connectivity index (χ4v) is 6.32. The number of amides is 2. The van der Waals surface area contributed by atoms with E-state index in [0.717, 1.165) is 18.0 Å². The maximum absolute atomic E-state index is 13.1. The molecule has 1 aromatic carbocycles. The second-order valence-electron chi connectivity index (χ2n) is 9.18. The van der Waals surface area contributed by atoms with Crippen molar-refractivity contribution in [3.05, 3.63) is 40.9 Å². The van der Waals surface area contributed by atoms with E-state index in [2.05, 4.69) is 20.4 Å². The zero-order valence-corrected chi connectivity index (χ0v) is 22.4. The van der Waals surface area contributed by atoms with Crippen LogP contribution in [0.25, 0.3) is 0 Å². The van der Waals surface area contributed by atoms with Crippen LogP contribution in [0.4, 0.5) is 5.13 Å². The van der Waals surface area contributed by atoms with E-state index in [0.29, 0.717) is 43.2 Å². The van der Waals surface area contributed by atoms with Gasteiger partial charge >= 0.3 is 0 Å². The van der Waals surface area contributed by atoms with E-state index in [1.165, 1.54) is 35.6 Å². The number of aliphatic hydroxyl groups is 1. The fraction of sp³-hybridized carbons (Fsp3) is 0.500. The Kier molecular flexibility index (Phi) is 8.57. The van der Waals surface area contributed by atoms with E-state index in [1.54, 1.807) is 20.0 Å². The number of piperazine rings is 1. The third-order valence-corrected chi connectivity index (χ3v) is 9.36. The van der Waals surface area contributed by atoms with E-state index in [-0.39, 0.29) is 28.4 Å². The Morgan fingerprint density at radius 3 is 2.49 bits per heavy atom. The SMILES string of the molecule is CC(=O)N1CCN(Cc2cnc(NC(=O)C(=NO[C@H](C)CO)c3ccc(S(=O)(=O)C4CC4)cc3)s2)CC1. The molecular formula is C24H31N5O6S2. The molecule has 2 N–H and O–H groups in total. The van der Waals surface area contributed by atoms with Crippen molar-refractivity contribution >= 4 is 43.8 Å². The standard InChI is InChI=1S/C24H31N5O6S2/c1-16(15-30)35-27-22(18-3-5-20(6-4-18)37(33,34)21-7-8-21)23(32)26-24-25-13-19(36-24)14-28-9-11-29(12-10-28)17(2)31/h3-6,13,16,21,30H,7-12,14-15H2,1-2H3,(H,25,26,32)/t16-/m1/s1. The average Bonchev–Trinajstić information content (AvgIpc) is 3.67. The van der Waals surface area contributed by atoms with Gasteiger partial charge in [0.25, 0.3) is 5.91 Å². The molecule has 2 fully saturated rings. The van der Waals surface area contributed by atoms with Gasteiger partial charge in [-0.2, -0.15) is 0 Å². The molecule has 2 amide bonds. The number of sulfone groups is 1. The van der Waals surface area contributed by atoms with Crippen molar-refractivity contribution < 1.29 is 28.0 Å². The summed E-state index contributed by atoms with van der Waals surface area (Å²) in [5.74, 6) is -0.490. The Bertz CT molecular complexity index is 1250. The van der Waals surface area contributed by atoms with E-state index < -0.39 is 21.8 Å². The third kappa shape index (κ3) is 6.92. The molecule has 200 valence electrons. The van der Waals surface area contributed by atoms with Gasteiger partial charge in [0, 0.05) is 56.3 Å². The summed E-state index contributed by atoms with van der Waals surface area (Å²) in [6, 6.07) is 5.98. The third-order valence-electron chi connectivity index (χ3n) is 6.19. The molecule has 1 aliphatic heterocycles. The topological polar surface area (TPSA) is 142 Å². The lowest BCUT2D eigenvalue weighted by Gasteiger charge is -2.33. The number of benzene rings is 1. The van der Waals surface area contributed by atoms with Gasteiger partial charge in [0.15, 0.2) is 20.7 Å². The highest BCUT2D eigenvalue weighted by Gasteiger charge is 2.36. The molecule has 1 saturated carbocycles. The summed E-state index contributed by atoms with van der Waals surface area (Å²) in [5, 5.41) is 16.0. The lowest BCUT2D eigenvalue weighted by atomic mass is 10.1. The van der Waals surface area contributed by atoms with Crippen LogP contribution in [-0.4, -0.2) is 90.0 Å². The summed E-state index contributed by atoms with van der Waals surface area (Å²) in [7, 11) is -3.36. The van der Waals surface area contributed by atoms with Crippen LogP contribution in [0, 0.1) is 0 Å². The van der Waals surface area contributed by atoms with Crippen molar-refractivity contribution in [2.45, 2.75) is 49.5 Å². The van der Waals surface area contributed by atoms with Gasteiger partial charge in [-0.3, -0.25) is 19.8 Å². The molecule has 1 aliphatic carbocycles. The van der Waals surface area contributed by atoms with E-state index in [9.17, 15) is 23.1 Å². The normalized spacial score (nSPS) is 17.9. The van der Waals surface area contributed by atoms with Crippen LogP contribution in [0.3, 0.4) is 0 Å². The van der Waals surface area contributed by atoms with Crippen LogP contribution in [0.2, 0.25) is 0 Å². The van der Waals surface area contributed by atoms with Crippen molar-refractivity contribution in [3.63, 3.8) is 0 Å². The predicted octanol–water partition coefficient (Wildman–Crippen LogP) is 1.48. The lowest BCUT2D eigenvalue weighted by Crippen LogP contribution is -2.47. The van der Waals surface area contributed by atoms with E-state index >= 15 is 0 Å². The molecule has 0 bridgehead atoms. The predicted molar refractivity (Wildman–Crippen MR) is 139 cm³/mol. The summed E-state index contributed by atoms with van der Waals surface area (Å²) < 4.78 is 25.0. The molecule has 0 radical (unpaired) electrons. The van der Waals surface area contributed by atoms with Crippen LogP contribution in [0.1, 0.15) is 37.1 Å².